The van der Waals surface area contributed by atoms with Crippen LogP contribution in [0.4, 0.5) is 0 Å². The largest absolute Gasteiger partial charge is 0.487 e. The molecule has 0 radical (unpaired) electrons. The number of ether oxygens (including phenoxy) is 1. The van der Waals surface area contributed by atoms with Gasteiger partial charge in [-0.2, -0.15) is 5.10 Å². The van der Waals surface area contributed by atoms with Crippen molar-refractivity contribution in [3.63, 3.8) is 0 Å². The zero-order chi connectivity index (χ0) is 21.0. The number of fused-ring (bicyclic) bond motifs is 1. The highest BCUT2D eigenvalue weighted by molar-refractivity contribution is 5.80. The summed E-state index contributed by atoms with van der Waals surface area (Å²) in [5.41, 5.74) is 2.58. The first kappa shape index (κ1) is 19.5. The van der Waals surface area contributed by atoms with Crippen molar-refractivity contribution in [1.82, 2.24) is 24.2 Å². The lowest BCUT2D eigenvalue weighted by molar-refractivity contribution is 0.300. The average Bonchev–Trinajstić information content (AvgIpc) is 3.46. The lowest BCUT2D eigenvalue weighted by Crippen LogP contribution is -2.24. The van der Waals surface area contributed by atoms with Crippen LogP contribution in [0.3, 0.4) is 0 Å². The first-order valence-electron chi connectivity index (χ1n) is 10.7. The lowest BCUT2D eigenvalue weighted by Gasteiger charge is -2.14. The van der Waals surface area contributed by atoms with Crippen molar-refractivity contribution in [2.75, 3.05) is 19.6 Å². The van der Waals surface area contributed by atoms with E-state index in [2.05, 4.69) is 19.7 Å². The molecule has 4 aromatic rings. The van der Waals surface area contributed by atoms with Gasteiger partial charge in [0.15, 0.2) is 0 Å². The fraction of sp³-hybridized carbons (Fsp3) is 0.292. The number of likely N-dealkylation sites (tertiary alicyclic amines) is 1. The summed E-state index contributed by atoms with van der Waals surface area (Å²) in [6, 6.07) is 15.0. The van der Waals surface area contributed by atoms with Gasteiger partial charge < -0.3 is 9.64 Å². The van der Waals surface area contributed by atoms with E-state index in [1.165, 1.54) is 32.0 Å². The van der Waals surface area contributed by atoms with Gasteiger partial charge in [-0.25, -0.2) is 0 Å². The topological polar surface area (TPSA) is 65.2 Å². The molecule has 0 unspecified atom stereocenters. The molecule has 0 amide bonds. The highest BCUT2D eigenvalue weighted by Crippen LogP contribution is 2.19. The molecule has 0 saturated carbocycles. The zero-order valence-corrected chi connectivity index (χ0v) is 17.4. The average molecular weight is 415 g/mol. The predicted octanol–water partition coefficient (Wildman–Crippen LogP) is 3.26. The molecular formula is C24H25N5O2. The molecule has 7 heteroatoms. The van der Waals surface area contributed by atoms with Crippen LogP contribution in [0, 0.1) is 0 Å². The summed E-state index contributed by atoms with van der Waals surface area (Å²) in [5.74, 6) is 0.530. The third kappa shape index (κ3) is 4.36. The highest BCUT2D eigenvalue weighted by atomic mass is 16.5. The maximum absolute atomic E-state index is 12.7. The Morgan fingerprint density at radius 1 is 1.00 bits per heavy atom. The van der Waals surface area contributed by atoms with Crippen molar-refractivity contribution in [3.05, 3.63) is 83.2 Å². The van der Waals surface area contributed by atoms with Gasteiger partial charge in [0.05, 0.1) is 24.0 Å². The molecule has 1 aliphatic rings. The van der Waals surface area contributed by atoms with Crippen LogP contribution in [0.1, 0.15) is 18.5 Å². The minimum Gasteiger partial charge on any atom is -0.487 e. The molecule has 1 aliphatic heterocycles. The van der Waals surface area contributed by atoms with E-state index >= 15 is 0 Å². The Balaban J connectivity index is 1.31. The molecule has 0 aliphatic carbocycles. The van der Waals surface area contributed by atoms with Crippen molar-refractivity contribution in [2.24, 2.45) is 0 Å². The Bertz CT molecular complexity index is 1230. The predicted molar refractivity (Wildman–Crippen MR) is 120 cm³/mol. The van der Waals surface area contributed by atoms with Crippen LogP contribution in [0.2, 0.25) is 0 Å². The fourth-order valence-electron chi connectivity index (χ4n) is 4.05. The van der Waals surface area contributed by atoms with E-state index in [9.17, 15) is 4.79 Å². The number of aromatic nitrogens is 4. The van der Waals surface area contributed by atoms with Crippen molar-refractivity contribution < 1.29 is 4.74 Å². The Kier molecular flexibility index (Phi) is 5.50. The van der Waals surface area contributed by atoms with Gasteiger partial charge in [-0.05, 0) is 62.3 Å². The second-order valence-electron chi connectivity index (χ2n) is 7.84. The summed E-state index contributed by atoms with van der Waals surface area (Å²) in [4.78, 5) is 19.4. The molecule has 1 saturated heterocycles. The van der Waals surface area contributed by atoms with E-state index in [0.717, 1.165) is 35.4 Å². The molecule has 158 valence electrons. The van der Waals surface area contributed by atoms with Crippen LogP contribution >= 0.6 is 0 Å². The molecular weight excluding hydrogens is 390 g/mol. The summed E-state index contributed by atoms with van der Waals surface area (Å²) in [7, 11) is 0. The molecule has 5 rings (SSSR count). The van der Waals surface area contributed by atoms with Gasteiger partial charge in [0.25, 0.3) is 5.56 Å². The minimum atomic E-state index is -0.140. The monoisotopic (exact) mass is 415 g/mol. The molecule has 7 nitrogen and oxygen atoms in total. The molecule has 31 heavy (non-hydrogen) atoms. The number of hydrogen-bond donors (Lipinski definition) is 0. The fourth-order valence-corrected chi connectivity index (χ4v) is 4.05. The van der Waals surface area contributed by atoms with Gasteiger partial charge in [0, 0.05) is 36.1 Å². The third-order valence-corrected chi connectivity index (χ3v) is 5.73. The van der Waals surface area contributed by atoms with Crippen molar-refractivity contribution in [1.29, 1.82) is 0 Å². The van der Waals surface area contributed by atoms with E-state index in [1.807, 2.05) is 42.6 Å². The zero-order valence-electron chi connectivity index (χ0n) is 17.4. The van der Waals surface area contributed by atoms with Crippen LogP contribution in [0.15, 0.2) is 71.9 Å². The number of pyridine rings is 2. The SMILES string of the molecule is O=c1cc(OCc2ccccn2)ccn1-c1ccc2c(cnn2CCN2CCCC2)c1. The van der Waals surface area contributed by atoms with Gasteiger partial charge in [-0.3, -0.25) is 19.0 Å². The summed E-state index contributed by atoms with van der Waals surface area (Å²) in [5, 5.41) is 5.59. The number of benzene rings is 1. The van der Waals surface area contributed by atoms with Gasteiger partial charge >= 0.3 is 0 Å². The standard InChI is InChI=1S/C24H25N5O2/c30-24-16-22(31-18-20-5-1-2-9-25-20)8-12-28(24)21-6-7-23-19(15-21)17-26-29(23)14-13-27-10-3-4-11-27/h1-2,5-9,12,15-17H,3-4,10-11,13-14,18H2. The van der Waals surface area contributed by atoms with Gasteiger partial charge in [-0.1, -0.05) is 6.07 Å². The summed E-state index contributed by atoms with van der Waals surface area (Å²) in [6.07, 6.45) is 7.94. The van der Waals surface area contributed by atoms with E-state index < -0.39 is 0 Å². The van der Waals surface area contributed by atoms with E-state index in [4.69, 9.17) is 4.74 Å². The quantitative estimate of drug-likeness (QED) is 0.464. The van der Waals surface area contributed by atoms with E-state index in [0.29, 0.717) is 12.4 Å². The molecule has 0 atom stereocenters. The van der Waals surface area contributed by atoms with Crippen LogP contribution in [-0.2, 0) is 13.2 Å². The van der Waals surface area contributed by atoms with Gasteiger partial charge in [0.2, 0.25) is 0 Å². The summed E-state index contributed by atoms with van der Waals surface area (Å²) >= 11 is 0. The Morgan fingerprint density at radius 3 is 2.71 bits per heavy atom. The summed E-state index contributed by atoms with van der Waals surface area (Å²) in [6.45, 7) is 4.61. The van der Waals surface area contributed by atoms with Crippen LogP contribution in [0.25, 0.3) is 16.6 Å². The number of hydrogen-bond acceptors (Lipinski definition) is 5. The van der Waals surface area contributed by atoms with E-state index in [1.54, 1.807) is 23.0 Å². The first-order chi connectivity index (χ1) is 15.3. The van der Waals surface area contributed by atoms with Gasteiger partial charge in [-0.15, -0.1) is 0 Å². The molecule has 0 spiro atoms. The smallest absolute Gasteiger partial charge is 0.258 e. The second kappa shape index (κ2) is 8.73. The molecule has 0 bridgehead atoms. The van der Waals surface area contributed by atoms with Crippen molar-refractivity contribution in [2.45, 2.75) is 26.0 Å². The maximum atomic E-state index is 12.7. The normalized spacial score (nSPS) is 14.3. The molecule has 4 heterocycles. The van der Waals surface area contributed by atoms with Crippen LogP contribution < -0.4 is 10.3 Å². The van der Waals surface area contributed by atoms with Crippen molar-refractivity contribution >= 4 is 10.9 Å². The third-order valence-electron chi connectivity index (χ3n) is 5.73. The summed E-state index contributed by atoms with van der Waals surface area (Å²) < 4.78 is 9.38. The second-order valence-corrected chi connectivity index (χ2v) is 7.84. The van der Waals surface area contributed by atoms with Gasteiger partial charge in [0.1, 0.15) is 12.4 Å². The Labute approximate surface area is 180 Å². The molecule has 0 N–H and O–H groups in total. The molecule has 3 aromatic heterocycles. The Hall–Kier alpha value is -3.45. The van der Waals surface area contributed by atoms with Crippen LogP contribution in [0.5, 0.6) is 5.75 Å². The highest BCUT2D eigenvalue weighted by Gasteiger charge is 2.12. The minimum absolute atomic E-state index is 0.140. The van der Waals surface area contributed by atoms with Crippen LogP contribution in [-0.4, -0.2) is 43.9 Å². The number of nitrogens with zero attached hydrogens (tertiary/aromatic N) is 5. The number of rotatable bonds is 7. The molecule has 1 fully saturated rings. The first-order valence-corrected chi connectivity index (χ1v) is 10.7. The lowest BCUT2D eigenvalue weighted by atomic mass is 10.2. The van der Waals surface area contributed by atoms with Crippen molar-refractivity contribution in [3.8, 4) is 11.4 Å². The van der Waals surface area contributed by atoms with E-state index in [-0.39, 0.29) is 5.56 Å². The Morgan fingerprint density at radius 2 is 1.90 bits per heavy atom. The maximum Gasteiger partial charge on any atom is 0.258 e. The molecule has 1 aromatic carbocycles.